The van der Waals surface area contributed by atoms with Crippen molar-refractivity contribution in [3.05, 3.63) is 35.9 Å². The molecule has 3 fully saturated rings. The van der Waals surface area contributed by atoms with E-state index in [4.69, 9.17) is 4.74 Å². The Hall–Kier alpha value is -1.55. The van der Waals surface area contributed by atoms with Gasteiger partial charge in [0.15, 0.2) is 0 Å². The number of morpholine rings is 1. The van der Waals surface area contributed by atoms with Gasteiger partial charge in [-0.25, -0.2) is 4.79 Å². The third-order valence-electron chi connectivity index (χ3n) is 5.27. The number of urea groups is 1. The summed E-state index contributed by atoms with van der Waals surface area (Å²) >= 11 is 0. The maximum absolute atomic E-state index is 12.8. The van der Waals surface area contributed by atoms with Gasteiger partial charge >= 0.3 is 6.03 Å². The van der Waals surface area contributed by atoms with E-state index in [1.165, 1.54) is 25.7 Å². The number of hydrogen-bond acceptors (Lipinski definition) is 2. The molecule has 1 aromatic rings. The summed E-state index contributed by atoms with van der Waals surface area (Å²) in [5, 5.41) is 3.33. The zero-order valence-corrected chi connectivity index (χ0v) is 13.8. The molecule has 3 aliphatic rings. The molecule has 1 saturated heterocycles. The zero-order valence-electron chi connectivity index (χ0n) is 13.8. The van der Waals surface area contributed by atoms with Crippen LogP contribution < -0.4 is 5.32 Å². The van der Waals surface area contributed by atoms with Crippen LogP contribution in [0, 0.1) is 11.8 Å². The molecule has 1 aromatic carbocycles. The Bertz CT molecular complexity index is 542. The van der Waals surface area contributed by atoms with Crippen molar-refractivity contribution in [1.82, 2.24) is 10.2 Å². The highest BCUT2D eigenvalue weighted by molar-refractivity contribution is 5.75. The first kappa shape index (κ1) is 15.0. The van der Waals surface area contributed by atoms with Crippen molar-refractivity contribution >= 4 is 6.03 Å². The first-order valence-electron chi connectivity index (χ1n) is 8.96. The van der Waals surface area contributed by atoms with E-state index in [1.54, 1.807) is 0 Å². The summed E-state index contributed by atoms with van der Waals surface area (Å²) in [6, 6.07) is 10.7. The van der Waals surface area contributed by atoms with E-state index in [0.717, 1.165) is 17.4 Å². The third-order valence-corrected chi connectivity index (χ3v) is 5.27. The van der Waals surface area contributed by atoms with Crippen LogP contribution in [0.25, 0.3) is 0 Å². The monoisotopic (exact) mass is 314 g/mol. The van der Waals surface area contributed by atoms with Gasteiger partial charge in [-0.15, -0.1) is 0 Å². The predicted octanol–water partition coefficient (Wildman–Crippen LogP) is 3.35. The number of rotatable bonds is 4. The van der Waals surface area contributed by atoms with Gasteiger partial charge in [-0.2, -0.15) is 0 Å². The van der Waals surface area contributed by atoms with Crippen molar-refractivity contribution in [2.45, 2.75) is 50.9 Å². The van der Waals surface area contributed by atoms with Crippen LogP contribution in [-0.4, -0.2) is 36.2 Å². The average Bonchev–Trinajstić information content (AvgIpc) is 3.46. The van der Waals surface area contributed by atoms with E-state index in [2.05, 4.69) is 24.4 Å². The number of ether oxygens (including phenoxy) is 1. The van der Waals surface area contributed by atoms with Gasteiger partial charge in [-0.05, 0) is 50.0 Å². The van der Waals surface area contributed by atoms with E-state index in [0.29, 0.717) is 19.1 Å². The van der Waals surface area contributed by atoms with Gasteiger partial charge < -0.3 is 15.0 Å². The van der Waals surface area contributed by atoms with Gasteiger partial charge in [0.25, 0.3) is 0 Å². The minimum Gasteiger partial charge on any atom is -0.367 e. The Labute approximate surface area is 138 Å². The van der Waals surface area contributed by atoms with Crippen molar-refractivity contribution in [1.29, 1.82) is 0 Å². The molecule has 4 rings (SSSR count). The summed E-state index contributed by atoms with van der Waals surface area (Å²) < 4.78 is 6.06. The van der Waals surface area contributed by atoms with Gasteiger partial charge in [0, 0.05) is 12.6 Å². The van der Waals surface area contributed by atoms with Gasteiger partial charge in [0.2, 0.25) is 0 Å². The summed E-state index contributed by atoms with van der Waals surface area (Å²) in [7, 11) is 0. The fraction of sp³-hybridized carbons (Fsp3) is 0.632. The molecule has 2 aliphatic carbocycles. The second-order valence-electron chi connectivity index (χ2n) is 7.40. The number of carbonyl (C=O) groups excluding carboxylic acids is 1. The van der Waals surface area contributed by atoms with Crippen molar-refractivity contribution in [3.8, 4) is 0 Å². The summed E-state index contributed by atoms with van der Waals surface area (Å²) in [6.45, 7) is 3.37. The van der Waals surface area contributed by atoms with Gasteiger partial charge in [0.1, 0.15) is 6.10 Å². The highest BCUT2D eigenvalue weighted by Gasteiger charge is 2.43. The Morgan fingerprint density at radius 2 is 1.78 bits per heavy atom. The molecule has 0 spiro atoms. The highest BCUT2D eigenvalue weighted by Crippen LogP contribution is 2.44. The van der Waals surface area contributed by atoms with Crippen molar-refractivity contribution in [3.63, 3.8) is 0 Å². The summed E-state index contributed by atoms with van der Waals surface area (Å²) in [5.74, 6) is 1.46. The first-order chi connectivity index (χ1) is 11.2. The van der Waals surface area contributed by atoms with Gasteiger partial charge in [-0.1, -0.05) is 30.3 Å². The zero-order chi connectivity index (χ0) is 15.8. The van der Waals surface area contributed by atoms with Gasteiger partial charge in [-0.3, -0.25) is 0 Å². The molecule has 1 N–H and O–H groups in total. The predicted molar refractivity (Wildman–Crippen MR) is 89.1 cm³/mol. The van der Waals surface area contributed by atoms with E-state index in [1.807, 2.05) is 23.1 Å². The minimum atomic E-state index is -0.0222. The van der Waals surface area contributed by atoms with E-state index in [-0.39, 0.29) is 18.2 Å². The number of carbonyl (C=O) groups is 1. The Morgan fingerprint density at radius 3 is 2.39 bits per heavy atom. The van der Waals surface area contributed by atoms with Gasteiger partial charge in [0.05, 0.1) is 12.6 Å². The molecule has 23 heavy (non-hydrogen) atoms. The lowest BCUT2D eigenvalue weighted by Crippen LogP contribution is -2.52. The standard InChI is InChI=1S/C19H26N2O2/c1-13-11-21(12-17(23-13)14-5-3-2-4-6-14)19(22)20-18(15-7-8-15)16-9-10-16/h2-6,13,15-18H,7-12H2,1H3,(H,20,22)/t13-,17+/m0/s1. The Kier molecular flexibility index (Phi) is 4.02. The summed E-state index contributed by atoms with van der Waals surface area (Å²) in [6.07, 6.45) is 5.19. The minimum absolute atomic E-state index is 0.0222. The molecule has 0 unspecified atom stereocenters. The molecule has 1 heterocycles. The van der Waals surface area contributed by atoms with Crippen LogP contribution in [0.3, 0.4) is 0 Å². The second-order valence-corrected chi connectivity index (χ2v) is 7.40. The van der Waals surface area contributed by atoms with E-state index in [9.17, 15) is 4.79 Å². The van der Waals surface area contributed by atoms with Crippen LogP contribution in [0.15, 0.2) is 30.3 Å². The molecule has 1 aliphatic heterocycles. The van der Waals surface area contributed by atoms with Crippen LogP contribution in [-0.2, 0) is 4.74 Å². The number of nitrogens with zero attached hydrogens (tertiary/aromatic N) is 1. The molecular weight excluding hydrogens is 288 g/mol. The van der Waals surface area contributed by atoms with Crippen molar-refractivity contribution < 1.29 is 9.53 Å². The first-order valence-corrected chi connectivity index (χ1v) is 8.96. The summed E-state index contributed by atoms with van der Waals surface area (Å²) in [5.41, 5.74) is 1.15. The van der Waals surface area contributed by atoms with Crippen molar-refractivity contribution in [2.75, 3.05) is 13.1 Å². The lowest BCUT2D eigenvalue weighted by atomic mass is 10.1. The van der Waals surface area contributed by atoms with Crippen LogP contribution in [0.2, 0.25) is 0 Å². The second kappa shape index (κ2) is 6.16. The van der Waals surface area contributed by atoms with Crippen molar-refractivity contribution in [2.24, 2.45) is 11.8 Å². The third kappa shape index (κ3) is 3.52. The molecule has 2 saturated carbocycles. The number of nitrogens with one attached hydrogen (secondary N) is 1. The number of hydrogen-bond donors (Lipinski definition) is 1. The summed E-state index contributed by atoms with van der Waals surface area (Å²) in [4.78, 5) is 14.7. The van der Waals surface area contributed by atoms with Crippen LogP contribution in [0.4, 0.5) is 4.79 Å². The lowest BCUT2D eigenvalue weighted by molar-refractivity contribution is -0.0660. The SMILES string of the molecule is C[C@H]1CN(C(=O)NC(C2CC2)C2CC2)C[C@H](c2ccccc2)O1. The average molecular weight is 314 g/mol. The molecule has 2 atom stereocenters. The lowest BCUT2D eigenvalue weighted by Gasteiger charge is -2.37. The highest BCUT2D eigenvalue weighted by atomic mass is 16.5. The maximum atomic E-state index is 12.8. The smallest absolute Gasteiger partial charge is 0.317 e. The fourth-order valence-corrected chi connectivity index (χ4v) is 3.73. The number of amides is 2. The normalized spacial score (nSPS) is 28.0. The fourth-order valence-electron chi connectivity index (χ4n) is 3.73. The molecule has 0 bridgehead atoms. The maximum Gasteiger partial charge on any atom is 0.317 e. The Morgan fingerprint density at radius 1 is 1.13 bits per heavy atom. The molecule has 0 radical (unpaired) electrons. The van der Waals surface area contributed by atoms with E-state index < -0.39 is 0 Å². The quantitative estimate of drug-likeness (QED) is 0.926. The topological polar surface area (TPSA) is 41.6 Å². The molecule has 0 aromatic heterocycles. The Balaban J connectivity index is 1.41. The molecule has 2 amide bonds. The van der Waals surface area contributed by atoms with E-state index >= 15 is 0 Å². The molecular formula is C19H26N2O2. The molecule has 4 heteroatoms. The number of benzene rings is 1. The van der Waals surface area contributed by atoms with Crippen LogP contribution in [0.1, 0.15) is 44.3 Å². The van der Waals surface area contributed by atoms with Crippen LogP contribution in [0.5, 0.6) is 0 Å². The van der Waals surface area contributed by atoms with Crippen LogP contribution >= 0.6 is 0 Å². The molecule has 4 nitrogen and oxygen atoms in total. The largest absolute Gasteiger partial charge is 0.367 e. The molecule has 124 valence electrons.